The van der Waals surface area contributed by atoms with Crippen LogP contribution >= 0.6 is 11.8 Å². The summed E-state index contributed by atoms with van der Waals surface area (Å²) >= 11 is 1.98. The minimum atomic E-state index is -0.911. The number of benzene rings is 2. The molecule has 2 rings (SSSR count). The first-order valence-corrected chi connectivity index (χ1v) is 13.3. The van der Waals surface area contributed by atoms with Crippen LogP contribution in [0.5, 0.6) is 5.75 Å². The second-order valence-electron chi connectivity index (χ2n) is 10.2. The molecule has 0 spiro atoms. The maximum absolute atomic E-state index is 10.7. The second-order valence-corrected chi connectivity index (χ2v) is 12.0. The highest BCUT2D eigenvalue weighted by molar-refractivity contribution is 7.99. The maximum Gasteiger partial charge on any atom is 0.303 e. The van der Waals surface area contributed by atoms with Crippen LogP contribution in [-0.4, -0.2) is 33.6 Å². The molecule has 188 valence electrons. The lowest BCUT2D eigenvalue weighted by atomic mass is 9.70. The predicted octanol–water partition coefficient (Wildman–Crippen LogP) is 7.05. The van der Waals surface area contributed by atoms with Gasteiger partial charge in [-0.2, -0.15) is 11.8 Å². The Hall–Kier alpha value is -1.98. The van der Waals surface area contributed by atoms with E-state index in [1.54, 1.807) is 0 Å². The van der Waals surface area contributed by atoms with Gasteiger partial charge in [0.2, 0.25) is 0 Å². The molecule has 4 nitrogen and oxygen atoms in total. The van der Waals surface area contributed by atoms with E-state index in [0.717, 1.165) is 29.9 Å². The van der Waals surface area contributed by atoms with Gasteiger partial charge in [0.25, 0.3) is 0 Å². The molecule has 1 atom stereocenters. The molecule has 2 N–H and O–H groups in total. The Morgan fingerprint density at radius 1 is 1.00 bits per heavy atom. The third-order valence-electron chi connectivity index (χ3n) is 6.61. The van der Waals surface area contributed by atoms with Gasteiger partial charge >= 0.3 is 5.97 Å². The summed E-state index contributed by atoms with van der Waals surface area (Å²) in [6, 6.07) is 13.3. The normalized spacial score (nSPS) is 13.1. The highest BCUT2D eigenvalue weighted by atomic mass is 32.2. The molecule has 0 heterocycles. The minimum absolute atomic E-state index is 0.0644. The molecule has 0 amide bonds. The van der Waals surface area contributed by atoms with Gasteiger partial charge in [-0.3, -0.25) is 4.79 Å². The van der Waals surface area contributed by atoms with Gasteiger partial charge in [0.05, 0.1) is 6.10 Å². The van der Waals surface area contributed by atoms with Crippen LogP contribution in [0, 0.1) is 13.8 Å². The fourth-order valence-corrected chi connectivity index (χ4v) is 5.26. The number of thioether (sulfide) groups is 1. The van der Waals surface area contributed by atoms with Crippen LogP contribution in [0.4, 0.5) is 0 Å². The van der Waals surface area contributed by atoms with Gasteiger partial charge in [0, 0.05) is 22.3 Å². The molecule has 0 fully saturated rings. The van der Waals surface area contributed by atoms with Crippen LogP contribution in [0.1, 0.15) is 88.1 Å². The van der Waals surface area contributed by atoms with Crippen molar-refractivity contribution in [3.05, 3.63) is 64.2 Å². The second kappa shape index (κ2) is 12.1. The number of hydrogen-bond acceptors (Lipinski definition) is 4. The molecule has 0 aliphatic carbocycles. The van der Waals surface area contributed by atoms with E-state index < -0.39 is 12.1 Å². The van der Waals surface area contributed by atoms with Crippen molar-refractivity contribution in [1.29, 1.82) is 0 Å². The third kappa shape index (κ3) is 7.51. The summed E-state index contributed by atoms with van der Waals surface area (Å²) in [7, 11) is 0. The number of carbonyl (C=O) groups is 1. The summed E-state index contributed by atoms with van der Waals surface area (Å²) in [6.45, 7) is 15.6. The number of aliphatic hydroxyl groups excluding tert-OH is 1. The maximum atomic E-state index is 10.7. The highest BCUT2D eigenvalue weighted by Crippen LogP contribution is 2.41. The van der Waals surface area contributed by atoms with Gasteiger partial charge in [0.1, 0.15) is 12.4 Å². The SMILES string of the molecule is CCC(CC)(c1ccc(CSC(C)(C)C)c(C)c1)c1ccc(OCC(O)CCC(=O)O)c(C)c1. The molecule has 0 saturated carbocycles. The van der Waals surface area contributed by atoms with Crippen LogP contribution in [0.15, 0.2) is 36.4 Å². The summed E-state index contributed by atoms with van der Waals surface area (Å²) in [5.74, 6) is 0.834. The zero-order chi connectivity index (χ0) is 25.5. The molecule has 0 saturated heterocycles. The number of rotatable bonds is 12. The average molecular weight is 487 g/mol. The van der Waals surface area contributed by atoms with Crippen molar-refractivity contribution in [2.24, 2.45) is 0 Å². The molecular formula is C29H42O4S. The van der Waals surface area contributed by atoms with Gasteiger partial charge in [-0.15, -0.1) is 0 Å². The van der Waals surface area contributed by atoms with Crippen molar-refractivity contribution < 1.29 is 19.7 Å². The van der Waals surface area contributed by atoms with E-state index in [4.69, 9.17) is 9.84 Å². The topological polar surface area (TPSA) is 66.8 Å². The number of aliphatic carboxylic acids is 1. The van der Waals surface area contributed by atoms with Gasteiger partial charge in [-0.1, -0.05) is 65.0 Å². The van der Waals surface area contributed by atoms with Crippen molar-refractivity contribution in [2.75, 3.05) is 6.61 Å². The monoisotopic (exact) mass is 486 g/mol. The lowest BCUT2D eigenvalue weighted by Gasteiger charge is -2.34. The number of ether oxygens (including phenoxy) is 1. The van der Waals surface area contributed by atoms with Crippen LogP contribution in [0.3, 0.4) is 0 Å². The van der Waals surface area contributed by atoms with E-state index in [0.29, 0.717) is 0 Å². The summed E-state index contributed by atoms with van der Waals surface area (Å²) in [4.78, 5) is 10.7. The van der Waals surface area contributed by atoms with Gasteiger partial charge in [-0.25, -0.2) is 0 Å². The van der Waals surface area contributed by atoms with Crippen molar-refractivity contribution >= 4 is 17.7 Å². The molecule has 0 radical (unpaired) electrons. The summed E-state index contributed by atoms with van der Waals surface area (Å²) < 4.78 is 6.06. The van der Waals surface area contributed by atoms with Crippen LogP contribution < -0.4 is 4.74 Å². The molecule has 1 unspecified atom stereocenters. The van der Waals surface area contributed by atoms with Crippen molar-refractivity contribution in [1.82, 2.24) is 0 Å². The first-order chi connectivity index (χ1) is 15.9. The quantitative estimate of drug-likeness (QED) is 0.337. The molecule has 0 aliphatic rings. The molecule has 0 aromatic heterocycles. The smallest absolute Gasteiger partial charge is 0.303 e. The van der Waals surface area contributed by atoms with Crippen LogP contribution in [-0.2, 0) is 16.0 Å². The predicted molar refractivity (Wildman–Crippen MR) is 143 cm³/mol. The molecular weight excluding hydrogens is 444 g/mol. The van der Waals surface area contributed by atoms with Gasteiger partial charge < -0.3 is 14.9 Å². The lowest BCUT2D eigenvalue weighted by molar-refractivity contribution is -0.137. The number of carboxylic acids is 1. The molecule has 2 aromatic carbocycles. The molecule has 0 aliphatic heterocycles. The average Bonchev–Trinajstić information content (AvgIpc) is 2.77. The van der Waals surface area contributed by atoms with E-state index in [1.165, 1.54) is 22.3 Å². The Balaban J connectivity index is 2.25. The zero-order valence-electron chi connectivity index (χ0n) is 21.9. The Bertz CT molecular complexity index is 957. The van der Waals surface area contributed by atoms with Gasteiger partial charge in [0.15, 0.2) is 0 Å². The zero-order valence-corrected chi connectivity index (χ0v) is 22.7. The number of carboxylic acid groups (broad SMARTS) is 1. The first kappa shape index (κ1) is 28.3. The van der Waals surface area contributed by atoms with Crippen molar-refractivity contribution in [3.63, 3.8) is 0 Å². The fourth-order valence-electron chi connectivity index (χ4n) is 4.35. The lowest BCUT2D eigenvalue weighted by Crippen LogP contribution is -2.26. The number of hydrogen-bond donors (Lipinski definition) is 2. The summed E-state index contributed by atoms with van der Waals surface area (Å²) in [5, 5.41) is 18.8. The highest BCUT2D eigenvalue weighted by Gasteiger charge is 2.31. The van der Waals surface area contributed by atoms with E-state index in [1.807, 2.05) is 24.8 Å². The Labute approximate surface area is 210 Å². The minimum Gasteiger partial charge on any atom is -0.491 e. The van der Waals surface area contributed by atoms with Crippen LogP contribution in [0.25, 0.3) is 0 Å². The van der Waals surface area contributed by atoms with E-state index >= 15 is 0 Å². The fraction of sp³-hybridized carbons (Fsp3) is 0.552. The number of aryl methyl sites for hydroxylation is 2. The Kier molecular flexibility index (Phi) is 10.1. The Morgan fingerprint density at radius 3 is 2.09 bits per heavy atom. The van der Waals surface area contributed by atoms with Gasteiger partial charge in [-0.05, 0) is 67.0 Å². The Morgan fingerprint density at radius 2 is 1.59 bits per heavy atom. The van der Waals surface area contributed by atoms with E-state index in [2.05, 4.69) is 71.9 Å². The largest absolute Gasteiger partial charge is 0.491 e. The van der Waals surface area contributed by atoms with Crippen LogP contribution in [0.2, 0.25) is 0 Å². The van der Waals surface area contributed by atoms with Crippen molar-refractivity contribution in [2.45, 2.75) is 96.2 Å². The van der Waals surface area contributed by atoms with E-state index in [9.17, 15) is 9.90 Å². The molecule has 5 heteroatoms. The molecule has 34 heavy (non-hydrogen) atoms. The molecule has 0 bridgehead atoms. The summed E-state index contributed by atoms with van der Waals surface area (Å²) in [5.41, 5.74) is 6.29. The van der Waals surface area contributed by atoms with Crippen molar-refractivity contribution in [3.8, 4) is 5.75 Å². The first-order valence-electron chi connectivity index (χ1n) is 12.3. The standard InChI is InChI=1S/C29H42O4S/c1-8-29(9-2,23-11-10-22(20(3)16-23)19-34-28(5,6)7)24-12-14-26(21(4)17-24)33-18-25(30)13-15-27(31)32/h10-12,14,16-17,25,30H,8-9,13,15,18-19H2,1-7H3,(H,31,32). The third-order valence-corrected chi connectivity index (χ3v) is 7.93. The molecule has 2 aromatic rings. The van der Waals surface area contributed by atoms with E-state index in [-0.39, 0.29) is 29.6 Å². The number of aliphatic hydroxyl groups is 1. The summed E-state index contributed by atoms with van der Waals surface area (Å²) in [6.07, 6.45) is 1.31.